The molecule has 1 aliphatic rings. The van der Waals surface area contributed by atoms with Gasteiger partial charge in [-0.2, -0.15) is 0 Å². The van der Waals surface area contributed by atoms with Crippen LogP contribution in [0.4, 0.5) is 5.69 Å². The van der Waals surface area contributed by atoms with Crippen LogP contribution >= 0.6 is 0 Å². The molecule has 0 amide bonds. The Hall–Kier alpha value is -0.980. The minimum atomic E-state index is 0.648. The number of rotatable bonds is 1. The first kappa shape index (κ1) is 8.61. The molecule has 1 heteroatoms. The summed E-state index contributed by atoms with van der Waals surface area (Å²) in [4.78, 5) is 0. The molecule has 0 aliphatic carbocycles. The van der Waals surface area contributed by atoms with Crippen LogP contribution in [-0.4, -0.2) is 6.54 Å². The van der Waals surface area contributed by atoms with Crippen LogP contribution in [0.15, 0.2) is 18.2 Å². The van der Waals surface area contributed by atoms with Crippen molar-refractivity contribution in [2.24, 2.45) is 0 Å². The normalized spacial score (nSPS) is 15.3. The van der Waals surface area contributed by atoms with Gasteiger partial charge in [-0.15, -0.1) is 0 Å². The largest absolute Gasteiger partial charge is 0.385 e. The lowest BCUT2D eigenvalue weighted by atomic mass is 9.91. The summed E-state index contributed by atoms with van der Waals surface area (Å²) in [6, 6.07) is 6.61. The fraction of sp³-hybridized carbons (Fsp3) is 0.500. The van der Waals surface area contributed by atoms with Gasteiger partial charge in [0.05, 0.1) is 0 Å². The number of anilines is 1. The maximum atomic E-state index is 3.46. The Labute approximate surface area is 80.2 Å². The van der Waals surface area contributed by atoms with Gasteiger partial charge in [-0.05, 0) is 36.0 Å². The Morgan fingerprint density at radius 3 is 2.92 bits per heavy atom. The van der Waals surface area contributed by atoms with Gasteiger partial charge in [0.2, 0.25) is 0 Å². The summed E-state index contributed by atoms with van der Waals surface area (Å²) in [6.45, 7) is 5.67. The molecule has 0 atom stereocenters. The Kier molecular flexibility index (Phi) is 2.26. The summed E-state index contributed by atoms with van der Waals surface area (Å²) >= 11 is 0. The summed E-state index contributed by atoms with van der Waals surface area (Å²) in [5.41, 5.74) is 4.42. The fourth-order valence-electron chi connectivity index (χ4n) is 2.08. The zero-order valence-corrected chi connectivity index (χ0v) is 8.43. The highest BCUT2D eigenvalue weighted by atomic mass is 14.9. The van der Waals surface area contributed by atoms with E-state index >= 15 is 0 Å². The van der Waals surface area contributed by atoms with E-state index in [-0.39, 0.29) is 0 Å². The molecule has 13 heavy (non-hydrogen) atoms. The second kappa shape index (κ2) is 3.41. The fourth-order valence-corrected chi connectivity index (χ4v) is 2.08. The van der Waals surface area contributed by atoms with Gasteiger partial charge in [-0.25, -0.2) is 0 Å². The van der Waals surface area contributed by atoms with Gasteiger partial charge in [-0.3, -0.25) is 0 Å². The van der Waals surface area contributed by atoms with Gasteiger partial charge < -0.3 is 5.32 Å². The van der Waals surface area contributed by atoms with E-state index in [1.807, 2.05) is 0 Å². The maximum Gasteiger partial charge on any atom is 0.0375 e. The number of nitrogens with one attached hydrogen (secondary N) is 1. The van der Waals surface area contributed by atoms with Crippen molar-refractivity contribution in [2.75, 3.05) is 11.9 Å². The van der Waals surface area contributed by atoms with Crippen LogP contribution in [-0.2, 0) is 6.42 Å². The third-order valence-corrected chi connectivity index (χ3v) is 2.75. The molecule has 0 fully saturated rings. The van der Waals surface area contributed by atoms with E-state index in [0.717, 1.165) is 6.54 Å². The standard InChI is InChI=1S/C12H17N/c1-9(2)10-5-3-7-12-11(10)6-4-8-13-12/h3,5,7,9,13H,4,6,8H2,1-2H3. The first-order valence-electron chi connectivity index (χ1n) is 5.14. The van der Waals surface area contributed by atoms with Crippen LogP contribution in [0.3, 0.4) is 0 Å². The Bertz CT molecular complexity index is 302. The second-order valence-electron chi connectivity index (χ2n) is 4.06. The molecule has 0 spiro atoms. The third kappa shape index (κ3) is 1.55. The molecule has 70 valence electrons. The Balaban J connectivity index is 2.46. The van der Waals surface area contributed by atoms with Crippen molar-refractivity contribution in [3.63, 3.8) is 0 Å². The first-order valence-corrected chi connectivity index (χ1v) is 5.14. The molecule has 1 nitrogen and oxygen atoms in total. The molecule has 0 saturated heterocycles. The van der Waals surface area contributed by atoms with Crippen LogP contribution in [0.25, 0.3) is 0 Å². The van der Waals surface area contributed by atoms with E-state index in [9.17, 15) is 0 Å². The highest BCUT2D eigenvalue weighted by molar-refractivity contribution is 5.57. The summed E-state index contributed by atoms with van der Waals surface area (Å²) in [5.74, 6) is 0.648. The van der Waals surface area contributed by atoms with E-state index in [0.29, 0.717) is 5.92 Å². The van der Waals surface area contributed by atoms with E-state index in [1.165, 1.54) is 24.1 Å². The number of fused-ring (bicyclic) bond motifs is 1. The van der Waals surface area contributed by atoms with Gasteiger partial charge >= 0.3 is 0 Å². The van der Waals surface area contributed by atoms with Crippen molar-refractivity contribution >= 4 is 5.69 Å². The first-order chi connectivity index (χ1) is 6.29. The molecule has 1 aromatic rings. The van der Waals surface area contributed by atoms with Crippen LogP contribution in [0.1, 0.15) is 37.3 Å². The van der Waals surface area contributed by atoms with Gasteiger partial charge in [-0.1, -0.05) is 26.0 Å². The molecule has 0 radical (unpaired) electrons. The van der Waals surface area contributed by atoms with Crippen molar-refractivity contribution in [2.45, 2.75) is 32.6 Å². The number of hydrogen-bond donors (Lipinski definition) is 1. The van der Waals surface area contributed by atoms with E-state index < -0.39 is 0 Å². The Morgan fingerprint density at radius 2 is 2.15 bits per heavy atom. The van der Waals surface area contributed by atoms with Gasteiger partial charge in [0.15, 0.2) is 0 Å². The van der Waals surface area contributed by atoms with Crippen molar-refractivity contribution < 1.29 is 0 Å². The van der Waals surface area contributed by atoms with Crippen molar-refractivity contribution in [1.29, 1.82) is 0 Å². The smallest absolute Gasteiger partial charge is 0.0375 e. The zero-order valence-electron chi connectivity index (χ0n) is 8.43. The van der Waals surface area contributed by atoms with Gasteiger partial charge in [0.25, 0.3) is 0 Å². The molecule has 0 aromatic heterocycles. The number of benzene rings is 1. The Morgan fingerprint density at radius 1 is 1.31 bits per heavy atom. The summed E-state index contributed by atoms with van der Waals surface area (Å²) in [6.07, 6.45) is 2.52. The van der Waals surface area contributed by atoms with E-state index in [1.54, 1.807) is 5.56 Å². The lowest BCUT2D eigenvalue weighted by Crippen LogP contribution is -2.13. The quantitative estimate of drug-likeness (QED) is 0.691. The molecule has 0 unspecified atom stereocenters. The molecule has 1 aromatic carbocycles. The number of hydrogen-bond acceptors (Lipinski definition) is 1. The van der Waals surface area contributed by atoms with Gasteiger partial charge in [0.1, 0.15) is 0 Å². The van der Waals surface area contributed by atoms with Crippen LogP contribution in [0.5, 0.6) is 0 Å². The summed E-state index contributed by atoms with van der Waals surface area (Å²) in [5, 5.41) is 3.46. The lowest BCUT2D eigenvalue weighted by Gasteiger charge is -2.22. The molecule has 0 bridgehead atoms. The van der Waals surface area contributed by atoms with Crippen LogP contribution < -0.4 is 5.32 Å². The van der Waals surface area contributed by atoms with E-state index in [2.05, 4.69) is 37.4 Å². The summed E-state index contributed by atoms with van der Waals surface area (Å²) in [7, 11) is 0. The minimum Gasteiger partial charge on any atom is -0.385 e. The van der Waals surface area contributed by atoms with Crippen molar-refractivity contribution in [1.82, 2.24) is 0 Å². The topological polar surface area (TPSA) is 12.0 Å². The van der Waals surface area contributed by atoms with Crippen molar-refractivity contribution in [3.8, 4) is 0 Å². The molecule has 2 rings (SSSR count). The molecule has 0 saturated carbocycles. The minimum absolute atomic E-state index is 0.648. The average Bonchev–Trinajstić information content (AvgIpc) is 2.17. The molecular weight excluding hydrogens is 158 g/mol. The average molecular weight is 175 g/mol. The molecular formula is C12H17N. The lowest BCUT2D eigenvalue weighted by molar-refractivity contribution is 0.782. The second-order valence-corrected chi connectivity index (χ2v) is 4.06. The van der Waals surface area contributed by atoms with Crippen molar-refractivity contribution in [3.05, 3.63) is 29.3 Å². The zero-order chi connectivity index (χ0) is 9.26. The highest BCUT2D eigenvalue weighted by Crippen LogP contribution is 2.29. The predicted molar refractivity (Wildman–Crippen MR) is 57.3 cm³/mol. The van der Waals surface area contributed by atoms with Gasteiger partial charge in [0, 0.05) is 12.2 Å². The predicted octanol–water partition coefficient (Wildman–Crippen LogP) is 3.17. The van der Waals surface area contributed by atoms with Crippen LogP contribution in [0.2, 0.25) is 0 Å². The van der Waals surface area contributed by atoms with E-state index in [4.69, 9.17) is 0 Å². The summed E-state index contributed by atoms with van der Waals surface area (Å²) < 4.78 is 0. The third-order valence-electron chi connectivity index (χ3n) is 2.75. The maximum absolute atomic E-state index is 3.46. The molecule has 1 aliphatic heterocycles. The molecule has 1 N–H and O–H groups in total. The highest BCUT2D eigenvalue weighted by Gasteiger charge is 2.13. The SMILES string of the molecule is CC(C)c1cccc2c1CCCN2. The molecule has 1 heterocycles. The monoisotopic (exact) mass is 175 g/mol. The van der Waals surface area contributed by atoms with Crippen LogP contribution in [0, 0.1) is 0 Å².